The minimum Gasteiger partial charge on any atom is -0.452 e. The number of nitrogens with zero attached hydrogens (tertiary/aromatic N) is 3. The summed E-state index contributed by atoms with van der Waals surface area (Å²) in [5.41, 5.74) is 3.79. The Balaban J connectivity index is 1.19. The molecule has 36 heavy (non-hydrogen) atoms. The molecule has 3 aromatic heterocycles. The van der Waals surface area contributed by atoms with E-state index in [2.05, 4.69) is 33.3 Å². The molecule has 0 radical (unpaired) electrons. The Morgan fingerprint density at radius 1 is 1.00 bits per heavy atom. The van der Waals surface area contributed by atoms with E-state index in [1.165, 1.54) is 24.0 Å². The zero-order chi connectivity index (χ0) is 24.9. The van der Waals surface area contributed by atoms with Gasteiger partial charge in [-0.1, -0.05) is 6.07 Å². The largest absolute Gasteiger partial charge is 0.452 e. The molecule has 0 saturated carbocycles. The third kappa shape index (κ3) is 5.37. The van der Waals surface area contributed by atoms with Crippen LogP contribution in [-0.4, -0.2) is 33.4 Å². The van der Waals surface area contributed by atoms with Gasteiger partial charge in [0.25, 0.3) is 5.91 Å². The van der Waals surface area contributed by atoms with E-state index < -0.39 is 18.5 Å². The maximum Gasteiger partial charge on any atom is 0.344 e. The number of aryl methyl sites for hydroxylation is 1. The number of amides is 1. The van der Waals surface area contributed by atoms with Crippen LogP contribution in [0.3, 0.4) is 0 Å². The summed E-state index contributed by atoms with van der Waals surface area (Å²) in [5.74, 6) is -0.701. The Labute approximate surface area is 210 Å². The molecular formula is C27H20N4O4S. The SMILES string of the molecule is Cc1ccc2nc(-c3ccc(NC(=O)COC(=O)c4cccnc4Oc4cccnc4)cc3)sc2c1. The number of nitrogens with one attached hydrogen (secondary N) is 1. The lowest BCUT2D eigenvalue weighted by Gasteiger charge is -2.10. The van der Waals surface area contributed by atoms with E-state index in [1.807, 2.05) is 24.3 Å². The number of hydrogen-bond donors (Lipinski definition) is 1. The molecule has 0 unspecified atom stereocenters. The van der Waals surface area contributed by atoms with Gasteiger partial charge in [-0.15, -0.1) is 11.3 Å². The van der Waals surface area contributed by atoms with Gasteiger partial charge in [0.1, 0.15) is 16.3 Å². The van der Waals surface area contributed by atoms with Crippen molar-refractivity contribution in [2.24, 2.45) is 0 Å². The molecule has 0 atom stereocenters. The molecule has 8 nitrogen and oxygen atoms in total. The first-order valence-corrected chi connectivity index (χ1v) is 11.8. The molecule has 178 valence electrons. The lowest BCUT2D eigenvalue weighted by molar-refractivity contribution is -0.119. The highest BCUT2D eigenvalue weighted by atomic mass is 32.1. The number of ether oxygens (including phenoxy) is 2. The Morgan fingerprint density at radius 3 is 2.64 bits per heavy atom. The third-order valence-electron chi connectivity index (χ3n) is 5.13. The van der Waals surface area contributed by atoms with Gasteiger partial charge in [-0.25, -0.2) is 14.8 Å². The number of fused-ring (bicyclic) bond motifs is 1. The molecular weight excluding hydrogens is 476 g/mol. The van der Waals surface area contributed by atoms with Gasteiger partial charge in [0.15, 0.2) is 6.61 Å². The first-order chi connectivity index (χ1) is 17.5. The highest BCUT2D eigenvalue weighted by Crippen LogP contribution is 2.31. The van der Waals surface area contributed by atoms with Crippen molar-refractivity contribution in [1.82, 2.24) is 15.0 Å². The average molecular weight is 497 g/mol. The summed E-state index contributed by atoms with van der Waals surface area (Å²) in [6.45, 7) is 1.60. The predicted molar refractivity (Wildman–Crippen MR) is 137 cm³/mol. The molecule has 0 fully saturated rings. The molecule has 9 heteroatoms. The Bertz CT molecular complexity index is 1540. The normalized spacial score (nSPS) is 10.7. The molecule has 5 aromatic rings. The van der Waals surface area contributed by atoms with Crippen molar-refractivity contribution < 1.29 is 19.1 Å². The smallest absolute Gasteiger partial charge is 0.344 e. The van der Waals surface area contributed by atoms with Crippen molar-refractivity contribution in [2.45, 2.75) is 6.92 Å². The summed E-state index contributed by atoms with van der Waals surface area (Å²) in [5, 5.41) is 3.63. The Hall–Kier alpha value is -4.63. The number of thiazole rings is 1. The molecule has 1 amide bonds. The topological polar surface area (TPSA) is 103 Å². The molecule has 0 saturated heterocycles. The van der Waals surface area contributed by atoms with Crippen LogP contribution in [0.4, 0.5) is 5.69 Å². The molecule has 0 aliphatic heterocycles. The predicted octanol–water partition coefficient (Wildman–Crippen LogP) is 5.65. The van der Waals surface area contributed by atoms with Crippen LogP contribution in [0, 0.1) is 6.92 Å². The summed E-state index contributed by atoms with van der Waals surface area (Å²) < 4.78 is 11.9. The Kier molecular flexibility index (Phi) is 6.63. The fraction of sp³-hybridized carbons (Fsp3) is 0.0741. The van der Waals surface area contributed by atoms with Gasteiger partial charge in [0, 0.05) is 23.6 Å². The highest BCUT2D eigenvalue weighted by molar-refractivity contribution is 7.21. The average Bonchev–Trinajstić information content (AvgIpc) is 3.32. The van der Waals surface area contributed by atoms with Crippen molar-refractivity contribution >= 4 is 39.1 Å². The van der Waals surface area contributed by atoms with E-state index in [1.54, 1.807) is 47.9 Å². The summed E-state index contributed by atoms with van der Waals surface area (Å²) in [4.78, 5) is 37.7. The number of pyridine rings is 2. The van der Waals surface area contributed by atoms with Crippen LogP contribution in [-0.2, 0) is 9.53 Å². The van der Waals surface area contributed by atoms with E-state index >= 15 is 0 Å². The van der Waals surface area contributed by atoms with Gasteiger partial charge in [-0.3, -0.25) is 9.78 Å². The van der Waals surface area contributed by atoms with Crippen LogP contribution >= 0.6 is 11.3 Å². The molecule has 5 rings (SSSR count). The molecule has 0 aliphatic carbocycles. The first-order valence-electron chi connectivity index (χ1n) is 11.0. The minimum absolute atomic E-state index is 0.0662. The van der Waals surface area contributed by atoms with E-state index in [-0.39, 0.29) is 11.4 Å². The molecule has 0 spiro atoms. The van der Waals surface area contributed by atoms with Crippen molar-refractivity contribution in [3.05, 3.63) is 96.4 Å². The van der Waals surface area contributed by atoms with Crippen molar-refractivity contribution in [1.29, 1.82) is 0 Å². The number of hydrogen-bond acceptors (Lipinski definition) is 8. The summed E-state index contributed by atoms with van der Waals surface area (Å²) in [6.07, 6.45) is 4.60. The van der Waals surface area contributed by atoms with Crippen LogP contribution in [0.15, 0.2) is 85.3 Å². The third-order valence-corrected chi connectivity index (χ3v) is 6.20. The molecule has 1 N–H and O–H groups in total. The summed E-state index contributed by atoms with van der Waals surface area (Å²) in [7, 11) is 0. The molecule has 2 aromatic carbocycles. The van der Waals surface area contributed by atoms with E-state index in [0.29, 0.717) is 11.4 Å². The minimum atomic E-state index is -0.724. The van der Waals surface area contributed by atoms with Gasteiger partial charge in [0.05, 0.1) is 16.4 Å². The molecule has 0 bridgehead atoms. The van der Waals surface area contributed by atoms with Gasteiger partial charge < -0.3 is 14.8 Å². The number of esters is 1. The van der Waals surface area contributed by atoms with Crippen molar-refractivity contribution in [2.75, 3.05) is 11.9 Å². The number of carbonyl (C=O) groups is 2. The van der Waals surface area contributed by atoms with Gasteiger partial charge >= 0.3 is 5.97 Å². The first kappa shape index (κ1) is 23.1. The summed E-state index contributed by atoms with van der Waals surface area (Å²) in [6, 6.07) is 20.0. The van der Waals surface area contributed by atoms with Gasteiger partial charge in [-0.05, 0) is 73.2 Å². The number of rotatable bonds is 7. The Morgan fingerprint density at radius 2 is 1.83 bits per heavy atom. The zero-order valence-electron chi connectivity index (χ0n) is 19.2. The highest BCUT2D eigenvalue weighted by Gasteiger charge is 2.17. The second-order valence-electron chi connectivity index (χ2n) is 7.84. The lowest BCUT2D eigenvalue weighted by atomic mass is 10.2. The van der Waals surface area contributed by atoms with Crippen LogP contribution in [0.5, 0.6) is 11.6 Å². The van der Waals surface area contributed by atoms with Crippen LogP contribution < -0.4 is 10.1 Å². The lowest BCUT2D eigenvalue weighted by Crippen LogP contribution is -2.21. The maximum atomic E-state index is 12.6. The van der Waals surface area contributed by atoms with E-state index in [0.717, 1.165) is 20.8 Å². The fourth-order valence-corrected chi connectivity index (χ4v) is 4.47. The number of benzene rings is 2. The molecule has 0 aliphatic rings. The second kappa shape index (κ2) is 10.3. The quantitative estimate of drug-likeness (QED) is 0.290. The monoisotopic (exact) mass is 496 g/mol. The summed E-state index contributed by atoms with van der Waals surface area (Å²) >= 11 is 1.62. The fourth-order valence-electron chi connectivity index (χ4n) is 3.40. The number of aromatic nitrogens is 3. The standard InChI is InChI=1S/C27H20N4O4S/c1-17-6-11-22-23(14-17)36-26(31-22)18-7-9-19(10-8-18)30-24(32)16-34-27(33)21-5-3-13-29-25(21)35-20-4-2-12-28-15-20/h2-15H,16H2,1H3,(H,30,32). The van der Waals surface area contributed by atoms with Gasteiger partial charge in [0.2, 0.25) is 5.88 Å². The van der Waals surface area contributed by atoms with Crippen LogP contribution in [0.1, 0.15) is 15.9 Å². The number of anilines is 1. The van der Waals surface area contributed by atoms with Crippen molar-refractivity contribution in [3.8, 4) is 22.2 Å². The maximum absolute atomic E-state index is 12.6. The van der Waals surface area contributed by atoms with Gasteiger partial charge in [-0.2, -0.15) is 0 Å². The van der Waals surface area contributed by atoms with Crippen LogP contribution in [0.2, 0.25) is 0 Å². The zero-order valence-corrected chi connectivity index (χ0v) is 20.0. The van der Waals surface area contributed by atoms with Crippen LogP contribution in [0.25, 0.3) is 20.8 Å². The van der Waals surface area contributed by atoms with E-state index in [9.17, 15) is 9.59 Å². The second-order valence-corrected chi connectivity index (χ2v) is 8.87. The molecule has 3 heterocycles. The number of carbonyl (C=O) groups excluding carboxylic acids is 2. The van der Waals surface area contributed by atoms with Crippen molar-refractivity contribution in [3.63, 3.8) is 0 Å². The van der Waals surface area contributed by atoms with E-state index in [4.69, 9.17) is 9.47 Å².